The molecule has 188 valence electrons. The van der Waals surface area contributed by atoms with Gasteiger partial charge in [-0.3, -0.25) is 0 Å². The summed E-state index contributed by atoms with van der Waals surface area (Å²) in [6.07, 6.45) is -3.24. The summed E-state index contributed by atoms with van der Waals surface area (Å²) in [6.45, 7) is 1.08. The second kappa shape index (κ2) is 10.1. The Morgan fingerprint density at radius 2 is 1.76 bits per heavy atom. The first-order valence-electron chi connectivity index (χ1n) is 10.8. The van der Waals surface area contributed by atoms with Gasteiger partial charge in [0.1, 0.15) is 11.7 Å². The molecule has 0 spiro atoms. The maximum Gasteiger partial charge on any atom is 0.416 e. The SMILES string of the molecule is C[C@@H](OC1(C2=CC=CO[C@H]2[C@H](O)CCO)C=CCCC1)c1cc(C(F)(F)F)cc(C(F)(F)F)c1. The number of hydrogen-bond acceptors (Lipinski definition) is 4. The van der Waals surface area contributed by atoms with Gasteiger partial charge in [-0.25, -0.2) is 0 Å². The third-order valence-corrected chi connectivity index (χ3v) is 5.92. The van der Waals surface area contributed by atoms with E-state index in [0.29, 0.717) is 30.5 Å². The molecule has 4 nitrogen and oxygen atoms in total. The van der Waals surface area contributed by atoms with E-state index in [-0.39, 0.29) is 24.7 Å². The van der Waals surface area contributed by atoms with E-state index in [2.05, 4.69) is 0 Å². The van der Waals surface area contributed by atoms with Gasteiger partial charge >= 0.3 is 12.4 Å². The smallest absolute Gasteiger partial charge is 0.416 e. The fraction of sp³-hybridized carbons (Fsp3) is 0.500. The molecule has 10 heteroatoms. The summed E-state index contributed by atoms with van der Waals surface area (Å²) in [5.41, 5.74) is -3.86. The van der Waals surface area contributed by atoms with Crippen molar-refractivity contribution < 1.29 is 46.0 Å². The summed E-state index contributed by atoms with van der Waals surface area (Å²) in [4.78, 5) is 0. The van der Waals surface area contributed by atoms with Crippen LogP contribution in [0.5, 0.6) is 0 Å². The van der Waals surface area contributed by atoms with Gasteiger partial charge in [0, 0.05) is 18.6 Å². The van der Waals surface area contributed by atoms with E-state index < -0.39 is 47.4 Å². The lowest BCUT2D eigenvalue weighted by molar-refractivity contribution is -0.143. The Morgan fingerprint density at radius 3 is 2.29 bits per heavy atom. The van der Waals surface area contributed by atoms with Gasteiger partial charge in [0.2, 0.25) is 0 Å². The molecule has 1 aliphatic carbocycles. The average Bonchev–Trinajstić information content (AvgIpc) is 2.78. The summed E-state index contributed by atoms with van der Waals surface area (Å²) < 4.78 is 91.8. The zero-order chi connectivity index (χ0) is 25.1. The van der Waals surface area contributed by atoms with Gasteiger partial charge in [-0.1, -0.05) is 18.2 Å². The van der Waals surface area contributed by atoms with Crippen molar-refractivity contribution in [3.63, 3.8) is 0 Å². The summed E-state index contributed by atoms with van der Waals surface area (Å²) in [5.74, 6) is 0. The van der Waals surface area contributed by atoms with Crippen LogP contribution in [0, 0.1) is 0 Å². The van der Waals surface area contributed by atoms with E-state index in [4.69, 9.17) is 9.47 Å². The fourth-order valence-corrected chi connectivity index (χ4v) is 4.25. The molecule has 1 aromatic carbocycles. The molecule has 0 bridgehead atoms. The minimum atomic E-state index is -4.97. The summed E-state index contributed by atoms with van der Waals surface area (Å²) >= 11 is 0. The summed E-state index contributed by atoms with van der Waals surface area (Å²) in [7, 11) is 0. The first-order valence-corrected chi connectivity index (χ1v) is 10.8. The Morgan fingerprint density at radius 1 is 1.12 bits per heavy atom. The lowest BCUT2D eigenvalue weighted by Crippen LogP contribution is -2.45. The van der Waals surface area contributed by atoms with Crippen molar-refractivity contribution in [1.29, 1.82) is 0 Å². The molecule has 1 unspecified atom stereocenters. The average molecular weight is 492 g/mol. The number of ether oxygens (including phenoxy) is 2. The second-order valence-corrected chi connectivity index (χ2v) is 8.37. The van der Waals surface area contributed by atoms with Crippen molar-refractivity contribution in [1.82, 2.24) is 0 Å². The summed E-state index contributed by atoms with van der Waals surface area (Å²) in [5, 5.41) is 19.7. The molecule has 2 aliphatic rings. The van der Waals surface area contributed by atoms with Crippen LogP contribution in [0.15, 0.2) is 54.3 Å². The lowest BCUT2D eigenvalue weighted by atomic mass is 9.78. The van der Waals surface area contributed by atoms with E-state index in [1.54, 1.807) is 18.2 Å². The Balaban J connectivity index is 2.02. The van der Waals surface area contributed by atoms with E-state index in [1.807, 2.05) is 6.08 Å². The lowest BCUT2D eigenvalue weighted by Gasteiger charge is -2.42. The predicted octanol–water partition coefficient (Wildman–Crippen LogP) is 5.86. The second-order valence-electron chi connectivity index (χ2n) is 8.37. The molecule has 0 saturated heterocycles. The number of allylic oxidation sites excluding steroid dienone is 3. The van der Waals surface area contributed by atoms with Crippen LogP contribution in [0.3, 0.4) is 0 Å². The number of hydrogen-bond donors (Lipinski definition) is 2. The Kier molecular flexibility index (Phi) is 7.84. The molecule has 4 atom stereocenters. The van der Waals surface area contributed by atoms with Gasteiger partial charge in [-0.2, -0.15) is 26.3 Å². The Labute approximate surface area is 193 Å². The van der Waals surface area contributed by atoms with Gasteiger partial charge in [0.05, 0.1) is 29.6 Å². The highest BCUT2D eigenvalue weighted by atomic mass is 19.4. The van der Waals surface area contributed by atoms with Crippen LogP contribution in [0.25, 0.3) is 0 Å². The van der Waals surface area contributed by atoms with Crippen LogP contribution >= 0.6 is 0 Å². The molecule has 0 radical (unpaired) electrons. The Hall–Kier alpha value is -2.30. The monoisotopic (exact) mass is 492 g/mol. The van der Waals surface area contributed by atoms with Gasteiger partial charge in [-0.15, -0.1) is 0 Å². The number of alkyl halides is 6. The number of rotatable bonds is 7. The van der Waals surface area contributed by atoms with Crippen LogP contribution in [0.2, 0.25) is 0 Å². The number of aliphatic hydroxyl groups is 2. The molecule has 34 heavy (non-hydrogen) atoms. The molecule has 2 N–H and O–H groups in total. The molecule has 3 rings (SSSR count). The number of aliphatic hydroxyl groups excluding tert-OH is 2. The van der Waals surface area contributed by atoms with E-state index in [9.17, 15) is 36.6 Å². The van der Waals surface area contributed by atoms with Gasteiger partial charge in [-0.05, 0) is 56.0 Å². The van der Waals surface area contributed by atoms with Gasteiger partial charge in [0.15, 0.2) is 0 Å². The zero-order valence-electron chi connectivity index (χ0n) is 18.4. The molecule has 0 amide bonds. The van der Waals surface area contributed by atoms with Crippen molar-refractivity contribution in [2.75, 3.05) is 6.61 Å². The van der Waals surface area contributed by atoms with Crippen LogP contribution < -0.4 is 0 Å². The first kappa shape index (κ1) is 26.3. The van der Waals surface area contributed by atoms with Crippen molar-refractivity contribution in [3.05, 3.63) is 71.0 Å². The van der Waals surface area contributed by atoms with E-state index >= 15 is 0 Å². The highest BCUT2D eigenvalue weighted by Gasteiger charge is 2.43. The number of halogens is 6. The van der Waals surface area contributed by atoms with Crippen LogP contribution in [0.1, 0.15) is 55.4 Å². The van der Waals surface area contributed by atoms with Gasteiger partial charge < -0.3 is 19.7 Å². The quantitative estimate of drug-likeness (QED) is 0.370. The third-order valence-electron chi connectivity index (χ3n) is 5.92. The highest BCUT2D eigenvalue weighted by molar-refractivity contribution is 5.38. The zero-order valence-corrected chi connectivity index (χ0v) is 18.4. The minimum Gasteiger partial charge on any atom is -0.491 e. The molecule has 1 heterocycles. The largest absolute Gasteiger partial charge is 0.491 e. The van der Waals surface area contributed by atoms with Crippen LogP contribution in [-0.2, 0) is 21.8 Å². The molecular formula is C24H26F6O4. The molecule has 1 aromatic rings. The molecule has 1 aliphatic heterocycles. The Bertz CT molecular complexity index is 918. The molecule has 0 saturated carbocycles. The third kappa shape index (κ3) is 5.84. The topological polar surface area (TPSA) is 58.9 Å². The summed E-state index contributed by atoms with van der Waals surface area (Å²) in [6, 6.07) is 1.39. The van der Waals surface area contributed by atoms with Crippen LogP contribution in [-0.4, -0.2) is 34.6 Å². The van der Waals surface area contributed by atoms with Crippen molar-refractivity contribution in [2.45, 2.75) is 68.9 Å². The molecule has 0 aromatic heterocycles. The van der Waals surface area contributed by atoms with Crippen molar-refractivity contribution in [3.8, 4) is 0 Å². The van der Waals surface area contributed by atoms with E-state index in [0.717, 1.165) is 6.42 Å². The van der Waals surface area contributed by atoms with Crippen LogP contribution in [0.4, 0.5) is 26.3 Å². The number of benzene rings is 1. The normalized spacial score (nSPS) is 25.0. The maximum atomic E-state index is 13.3. The van der Waals surface area contributed by atoms with Gasteiger partial charge in [0.25, 0.3) is 0 Å². The fourth-order valence-electron chi connectivity index (χ4n) is 4.25. The van der Waals surface area contributed by atoms with E-state index in [1.165, 1.54) is 13.2 Å². The maximum absolute atomic E-state index is 13.3. The standard InChI is InChI=1S/C24H26F6O4/c1-15(16-12-17(23(25,26)27)14-18(13-16)24(28,29)30)34-22(8-3-2-4-9-22)19-6-5-11-33-21(19)20(32)7-10-31/h3,5-6,8,11-15,20-21,31-32H,2,4,7,9-10H2,1H3/t15-,20-,21-,22?/m1/s1. The predicted molar refractivity (Wildman–Crippen MR) is 111 cm³/mol. The van der Waals surface area contributed by atoms with Crippen molar-refractivity contribution >= 4 is 0 Å². The first-order chi connectivity index (χ1) is 15.9. The molecular weight excluding hydrogens is 466 g/mol. The van der Waals surface area contributed by atoms with Crippen molar-refractivity contribution in [2.24, 2.45) is 0 Å². The minimum absolute atomic E-state index is 0.00770. The highest BCUT2D eigenvalue weighted by Crippen LogP contribution is 2.43. The molecule has 0 fully saturated rings.